The molecule has 0 heterocycles. The highest BCUT2D eigenvalue weighted by Crippen LogP contribution is 2.28. The summed E-state index contributed by atoms with van der Waals surface area (Å²) in [6, 6.07) is 3.00. The Hall–Kier alpha value is -3.10. The first-order chi connectivity index (χ1) is 16.7. The molecule has 0 saturated heterocycles. The fourth-order valence-electron chi connectivity index (χ4n) is 3.94. The van der Waals surface area contributed by atoms with Crippen molar-refractivity contribution >= 4 is 23.8 Å². The molecule has 1 rings (SSSR count). The highest BCUT2D eigenvalue weighted by molar-refractivity contribution is 5.94. The molecule has 9 heteroatoms. The van der Waals surface area contributed by atoms with Crippen LogP contribution < -0.4 is 16.4 Å². The van der Waals surface area contributed by atoms with Gasteiger partial charge in [0.25, 0.3) is 0 Å². The number of nitrogens with zero attached hydrogens (tertiary/aromatic N) is 1. The maximum Gasteiger partial charge on any atom is 0.408 e. The van der Waals surface area contributed by atoms with Crippen LogP contribution in [0.2, 0.25) is 0 Å². The summed E-state index contributed by atoms with van der Waals surface area (Å²) in [5, 5.41) is 5.45. The lowest BCUT2D eigenvalue weighted by Gasteiger charge is -2.37. The molecule has 9 nitrogen and oxygen atoms in total. The second-order valence-corrected chi connectivity index (χ2v) is 10.5. The number of unbranched alkanes of at least 4 members (excludes halogenated alkanes) is 2. The van der Waals surface area contributed by atoms with Crippen molar-refractivity contribution in [2.45, 2.75) is 105 Å². The Kier molecular flexibility index (Phi) is 11.9. The van der Waals surface area contributed by atoms with Gasteiger partial charge in [-0.05, 0) is 66.0 Å². The Morgan fingerprint density at radius 3 is 2.22 bits per heavy atom. The van der Waals surface area contributed by atoms with Gasteiger partial charge in [0.05, 0.1) is 6.42 Å². The fourth-order valence-corrected chi connectivity index (χ4v) is 3.94. The van der Waals surface area contributed by atoms with Gasteiger partial charge < -0.3 is 26.0 Å². The van der Waals surface area contributed by atoms with Gasteiger partial charge >= 0.3 is 6.09 Å². The molecule has 0 aliphatic carbocycles. The number of carbonyl (C=O) groups excluding carboxylic acids is 4. The molecule has 2 atom stereocenters. The van der Waals surface area contributed by atoms with Gasteiger partial charge in [-0.2, -0.15) is 0 Å². The van der Waals surface area contributed by atoms with E-state index >= 15 is 0 Å². The summed E-state index contributed by atoms with van der Waals surface area (Å²) < 4.78 is 5.29. The number of nitrogens with one attached hydrogen (secondary N) is 2. The van der Waals surface area contributed by atoms with Crippen molar-refractivity contribution in [2.75, 3.05) is 6.54 Å². The fraction of sp³-hybridized carbons (Fsp3) is 0.630. The van der Waals surface area contributed by atoms with E-state index in [9.17, 15) is 19.2 Å². The van der Waals surface area contributed by atoms with Crippen LogP contribution in [0.25, 0.3) is 0 Å². The third-order valence-electron chi connectivity index (χ3n) is 5.53. The lowest BCUT2D eigenvalue weighted by atomic mass is 9.95. The zero-order valence-corrected chi connectivity index (χ0v) is 23.1. The number of aryl methyl sites for hydroxylation is 2. The zero-order valence-electron chi connectivity index (χ0n) is 23.1. The number of rotatable bonds is 12. The first-order valence-corrected chi connectivity index (χ1v) is 12.6. The molecule has 0 aromatic heterocycles. The number of benzene rings is 1. The van der Waals surface area contributed by atoms with Gasteiger partial charge in [-0.15, -0.1) is 0 Å². The second kappa shape index (κ2) is 13.8. The van der Waals surface area contributed by atoms with Crippen LogP contribution in [0.5, 0.6) is 0 Å². The Bertz CT molecular complexity index is 923. The third-order valence-corrected chi connectivity index (χ3v) is 5.53. The number of carbonyl (C=O) groups is 4. The van der Waals surface area contributed by atoms with Crippen LogP contribution in [-0.4, -0.2) is 52.9 Å². The monoisotopic (exact) mass is 504 g/mol. The van der Waals surface area contributed by atoms with E-state index in [1.807, 2.05) is 32.0 Å². The first kappa shape index (κ1) is 30.9. The van der Waals surface area contributed by atoms with E-state index in [1.165, 1.54) is 4.90 Å². The number of nitrogens with two attached hydrogens (primary N) is 1. The van der Waals surface area contributed by atoms with Crippen LogP contribution in [0, 0.1) is 13.8 Å². The van der Waals surface area contributed by atoms with Crippen LogP contribution in [0.4, 0.5) is 4.79 Å². The molecule has 0 aliphatic rings. The standard InChI is InChI=1S/C27H44N4O5/c1-9-10-11-14-29-24(33)23(20-13-12-18(4)15-19(20)5)31(17(2)3)25(34)21(16-22(28)32)30-26(35)36-27(6,7)8/h12-13,15,17,21,23H,9-11,14,16H2,1-8H3,(H2,28,32)(H,29,33)(H,30,35). The molecule has 4 N–H and O–H groups in total. The lowest BCUT2D eigenvalue weighted by molar-refractivity contribution is -0.145. The molecule has 1 aromatic carbocycles. The van der Waals surface area contributed by atoms with Crippen LogP contribution in [-0.2, 0) is 19.1 Å². The number of primary amides is 1. The summed E-state index contributed by atoms with van der Waals surface area (Å²) in [6.45, 7) is 15.1. The Morgan fingerprint density at radius 2 is 1.72 bits per heavy atom. The first-order valence-electron chi connectivity index (χ1n) is 12.6. The van der Waals surface area contributed by atoms with Gasteiger partial charge in [-0.3, -0.25) is 14.4 Å². The minimum Gasteiger partial charge on any atom is -0.444 e. The van der Waals surface area contributed by atoms with E-state index in [2.05, 4.69) is 17.6 Å². The van der Waals surface area contributed by atoms with Gasteiger partial charge in [-0.1, -0.05) is 43.5 Å². The minimum atomic E-state index is -1.29. The predicted octanol–water partition coefficient (Wildman–Crippen LogP) is 3.66. The molecule has 0 fully saturated rings. The number of alkyl carbamates (subject to hydrolysis) is 1. The molecule has 1 aromatic rings. The van der Waals surface area contributed by atoms with E-state index in [0.29, 0.717) is 12.1 Å². The summed E-state index contributed by atoms with van der Waals surface area (Å²) in [6.07, 6.45) is 1.53. The van der Waals surface area contributed by atoms with Gasteiger partial charge in [0.2, 0.25) is 17.7 Å². The highest BCUT2D eigenvalue weighted by atomic mass is 16.6. The average molecular weight is 505 g/mol. The van der Waals surface area contributed by atoms with Crippen molar-refractivity contribution in [2.24, 2.45) is 5.73 Å². The minimum absolute atomic E-state index is 0.324. The molecule has 0 aliphatic heterocycles. The van der Waals surface area contributed by atoms with Gasteiger partial charge in [0.15, 0.2) is 0 Å². The SMILES string of the molecule is CCCCCNC(=O)C(c1ccc(C)cc1C)N(C(=O)C(CC(N)=O)NC(=O)OC(C)(C)C)C(C)C. The number of amides is 4. The molecule has 0 spiro atoms. The van der Waals surface area contributed by atoms with Gasteiger partial charge in [-0.25, -0.2) is 4.79 Å². The van der Waals surface area contributed by atoms with Gasteiger partial charge in [0, 0.05) is 12.6 Å². The van der Waals surface area contributed by atoms with Crippen molar-refractivity contribution in [1.82, 2.24) is 15.5 Å². The molecular weight excluding hydrogens is 460 g/mol. The lowest BCUT2D eigenvalue weighted by Crippen LogP contribution is -2.56. The van der Waals surface area contributed by atoms with E-state index in [4.69, 9.17) is 10.5 Å². The van der Waals surface area contributed by atoms with Crippen molar-refractivity contribution in [3.8, 4) is 0 Å². The molecule has 0 saturated carbocycles. The third kappa shape index (κ3) is 9.87. The quantitative estimate of drug-likeness (QED) is 0.374. The van der Waals surface area contributed by atoms with Crippen LogP contribution in [0.3, 0.4) is 0 Å². The van der Waals surface area contributed by atoms with Crippen molar-refractivity contribution in [3.05, 3.63) is 34.9 Å². The molecular formula is C27H44N4O5. The van der Waals surface area contributed by atoms with Gasteiger partial charge in [0.1, 0.15) is 17.7 Å². The van der Waals surface area contributed by atoms with E-state index < -0.39 is 48.1 Å². The summed E-state index contributed by atoms with van der Waals surface area (Å²) in [5.74, 6) is -1.68. The summed E-state index contributed by atoms with van der Waals surface area (Å²) in [4.78, 5) is 53.1. The van der Waals surface area contributed by atoms with Crippen molar-refractivity contribution < 1.29 is 23.9 Å². The maximum atomic E-state index is 13.9. The largest absolute Gasteiger partial charge is 0.444 e. The topological polar surface area (TPSA) is 131 Å². The zero-order chi connectivity index (χ0) is 27.6. The smallest absolute Gasteiger partial charge is 0.408 e. The van der Waals surface area contributed by atoms with Crippen molar-refractivity contribution in [3.63, 3.8) is 0 Å². The summed E-state index contributed by atoms with van der Waals surface area (Å²) in [7, 11) is 0. The molecule has 36 heavy (non-hydrogen) atoms. The number of ether oxygens (including phenoxy) is 1. The molecule has 4 amide bonds. The number of hydrogen-bond donors (Lipinski definition) is 3. The van der Waals surface area contributed by atoms with E-state index in [1.54, 1.807) is 34.6 Å². The van der Waals surface area contributed by atoms with Crippen LogP contribution in [0.15, 0.2) is 18.2 Å². The van der Waals surface area contributed by atoms with Crippen LogP contribution in [0.1, 0.15) is 90.0 Å². The molecule has 202 valence electrons. The average Bonchev–Trinajstić information content (AvgIpc) is 2.72. The molecule has 0 bridgehead atoms. The van der Waals surface area contributed by atoms with E-state index in [0.717, 1.165) is 30.4 Å². The van der Waals surface area contributed by atoms with Crippen molar-refractivity contribution in [1.29, 1.82) is 0 Å². The highest BCUT2D eigenvalue weighted by Gasteiger charge is 2.38. The van der Waals surface area contributed by atoms with E-state index in [-0.39, 0.29) is 5.91 Å². The Morgan fingerprint density at radius 1 is 1.08 bits per heavy atom. The van der Waals surface area contributed by atoms with Crippen LogP contribution >= 0.6 is 0 Å². The number of hydrogen-bond acceptors (Lipinski definition) is 5. The summed E-state index contributed by atoms with van der Waals surface area (Å²) in [5.41, 5.74) is 7.16. The predicted molar refractivity (Wildman–Crippen MR) is 140 cm³/mol. The second-order valence-electron chi connectivity index (χ2n) is 10.5. The maximum absolute atomic E-state index is 13.9. The normalized spacial score (nSPS) is 13.0. The Labute approximate surface area is 215 Å². The molecule has 0 radical (unpaired) electrons. The Balaban J connectivity index is 3.46. The summed E-state index contributed by atoms with van der Waals surface area (Å²) >= 11 is 0. The molecule has 2 unspecified atom stereocenters.